The van der Waals surface area contributed by atoms with Crippen molar-refractivity contribution < 1.29 is 14.3 Å². The quantitative estimate of drug-likeness (QED) is 0.287. The molecule has 4 heteroatoms. The molecule has 0 aromatic heterocycles. The summed E-state index contributed by atoms with van der Waals surface area (Å²) in [6.07, 6.45) is 15.0. The summed E-state index contributed by atoms with van der Waals surface area (Å²) in [4.78, 5) is 12.6. The molecular weight excluding hydrogens is 494 g/mol. The summed E-state index contributed by atoms with van der Waals surface area (Å²) < 4.78 is 12.5. The number of fused-ring (bicyclic) bond motifs is 1. The van der Waals surface area contributed by atoms with Crippen LogP contribution in [0.25, 0.3) is 0 Å². The van der Waals surface area contributed by atoms with E-state index >= 15 is 0 Å². The summed E-state index contributed by atoms with van der Waals surface area (Å²) in [5.41, 5.74) is 8.98. The largest absolute Gasteiger partial charge is 0.487 e. The summed E-state index contributed by atoms with van der Waals surface area (Å²) >= 11 is 0. The maximum Gasteiger partial charge on any atom is 0.417 e. The minimum absolute atomic E-state index is 0.206. The molecule has 0 fully saturated rings. The van der Waals surface area contributed by atoms with E-state index in [1.807, 2.05) is 44.2 Å². The number of amides is 1. The number of ether oxygens (including phenoxy) is 2. The van der Waals surface area contributed by atoms with E-state index in [0.29, 0.717) is 11.4 Å². The van der Waals surface area contributed by atoms with E-state index in [4.69, 9.17) is 9.47 Å². The van der Waals surface area contributed by atoms with Crippen molar-refractivity contribution in [2.75, 3.05) is 5.32 Å². The fraction of sp³-hybridized carbons (Fsp3) is 0.472. The monoisotopic (exact) mass is 543 g/mol. The van der Waals surface area contributed by atoms with Gasteiger partial charge in [0.2, 0.25) is 0 Å². The Hall–Kier alpha value is -3.27. The van der Waals surface area contributed by atoms with E-state index in [1.54, 1.807) is 0 Å². The molecule has 1 N–H and O–H groups in total. The van der Waals surface area contributed by atoms with Crippen LogP contribution in [0.3, 0.4) is 0 Å². The van der Waals surface area contributed by atoms with Gasteiger partial charge in [-0.3, -0.25) is 5.32 Å². The van der Waals surface area contributed by atoms with Crippen LogP contribution in [0, 0.1) is 20.8 Å². The Bertz CT molecular complexity index is 1260. The summed E-state index contributed by atoms with van der Waals surface area (Å²) in [5.74, 6) is 1.60. The molecule has 0 radical (unpaired) electrons. The summed E-state index contributed by atoms with van der Waals surface area (Å²) in [6, 6.07) is 9.37. The Morgan fingerprint density at radius 2 is 1.52 bits per heavy atom. The van der Waals surface area contributed by atoms with Crippen molar-refractivity contribution in [3.63, 3.8) is 0 Å². The third-order valence-electron chi connectivity index (χ3n) is 8.07. The molecule has 0 saturated carbocycles. The van der Waals surface area contributed by atoms with Crippen LogP contribution < -0.4 is 14.8 Å². The van der Waals surface area contributed by atoms with Gasteiger partial charge in [0.05, 0.1) is 0 Å². The Morgan fingerprint density at radius 3 is 2.17 bits per heavy atom. The molecule has 40 heavy (non-hydrogen) atoms. The molecule has 0 unspecified atom stereocenters. The average Bonchev–Trinajstić information content (AvgIpc) is 2.90. The van der Waals surface area contributed by atoms with Crippen LogP contribution in [-0.4, -0.2) is 11.7 Å². The normalized spacial score (nSPS) is 17.1. The second kappa shape index (κ2) is 14.4. The summed E-state index contributed by atoms with van der Waals surface area (Å²) in [5, 5.41) is 2.82. The van der Waals surface area contributed by atoms with Gasteiger partial charge in [-0.15, -0.1) is 0 Å². The molecule has 0 spiro atoms. The molecule has 0 aliphatic carbocycles. The molecular formula is C36H49NO3. The minimum Gasteiger partial charge on any atom is -0.487 e. The number of allylic oxidation sites excluding steroid dienone is 6. The van der Waals surface area contributed by atoms with Crippen molar-refractivity contribution in [1.82, 2.24) is 0 Å². The van der Waals surface area contributed by atoms with E-state index in [-0.39, 0.29) is 5.60 Å². The lowest BCUT2D eigenvalue weighted by Gasteiger charge is -2.38. The Morgan fingerprint density at radius 1 is 0.900 bits per heavy atom. The third-order valence-corrected chi connectivity index (χ3v) is 8.07. The second-order valence-electron chi connectivity index (χ2n) is 11.9. The number of anilines is 1. The molecule has 216 valence electrons. The molecule has 2 aromatic carbocycles. The van der Waals surface area contributed by atoms with Gasteiger partial charge >= 0.3 is 6.09 Å². The van der Waals surface area contributed by atoms with Crippen LogP contribution in [0.2, 0.25) is 0 Å². The molecule has 0 bridgehead atoms. The molecule has 0 saturated heterocycles. The topological polar surface area (TPSA) is 47.6 Å². The number of hydrogen-bond donors (Lipinski definition) is 1. The Kier molecular flexibility index (Phi) is 11.2. The zero-order chi connectivity index (χ0) is 29.3. The number of nitrogens with one attached hydrogen (secondary N) is 1. The zero-order valence-corrected chi connectivity index (χ0v) is 26.0. The van der Waals surface area contributed by atoms with Gasteiger partial charge in [0.1, 0.15) is 17.1 Å². The van der Waals surface area contributed by atoms with Crippen LogP contribution in [-0.2, 0) is 6.42 Å². The van der Waals surface area contributed by atoms with Crippen molar-refractivity contribution in [3.8, 4) is 11.5 Å². The number of para-hydroxylation sites is 1. The highest BCUT2D eigenvalue weighted by molar-refractivity contribution is 5.86. The van der Waals surface area contributed by atoms with Gasteiger partial charge in [-0.1, -0.05) is 53.1 Å². The predicted octanol–water partition coefficient (Wildman–Crippen LogP) is 10.5. The molecule has 1 aliphatic rings. The van der Waals surface area contributed by atoms with E-state index in [9.17, 15) is 4.79 Å². The van der Waals surface area contributed by atoms with E-state index in [2.05, 4.69) is 65.1 Å². The van der Waals surface area contributed by atoms with Crippen LogP contribution in [0.4, 0.5) is 10.5 Å². The summed E-state index contributed by atoms with van der Waals surface area (Å²) in [7, 11) is 0. The number of carbonyl (C=O) groups excluding carboxylic acids is 1. The minimum atomic E-state index is -0.477. The smallest absolute Gasteiger partial charge is 0.417 e. The van der Waals surface area contributed by atoms with Crippen LogP contribution in [0.5, 0.6) is 11.5 Å². The van der Waals surface area contributed by atoms with E-state index in [1.165, 1.54) is 16.7 Å². The van der Waals surface area contributed by atoms with Gasteiger partial charge in [-0.2, -0.15) is 0 Å². The maximum absolute atomic E-state index is 12.6. The lowest BCUT2D eigenvalue weighted by molar-refractivity contribution is 0.0558. The van der Waals surface area contributed by atoms with Crippen LogP contribution >= 0.6 is 0 Å². The van der Waals surface area contributed by atoms with Crippen molar-refractivity contribution in [2.45, 2.75) is 112 Å². The highest BCUT2D eigenvalue weighted by atomic mass is 16.6. The lowest BCUT2D eigenvalue weighted by Crippen LogP contribution is -2.37. The van der Waals surface area contributed by atoms with Crippen molar-refractivity contribution in [2.24, 2.45) is 0 Å². The molecule has 2 aromatic rings. The number of carbonyl (C=O) groups is 1. The highest BCUT2D eigenvalue weighted by Crippen LogP contribution is 2.45. The molecule has 1 heterocycles. The second-order valence-corrected chi connectivity index (χ2v) is 11.9. The fourth-order valence-corrected chi connectivity index (χ4v) is 5.33. The lowest BCUT2D eigenvalue weighted by atomic mass is 9.85. The van der Waals surface area contributed by atoms with Gasteiger partial charge < -0.3 is 9.47 Å². The standard InChI is InChI=1S/C36H49NO3/c1-25(2)15-12-16-26(3)17-13-18-27(4)19-14-23-36(8)24-22-32-30(7)33(28(5)29(6)34(32)40-36)39-35(38)37-31-20-10-9-11-21-31/h9-11,15,17,19-21H,12-14,16,18,22-24H2,1-8H3,(H,37,38)/t36-/m1/s1. The molecule has 1 atom stereocenters. The zero-order valence-electron chi connectivity index (χ0n) is 26.0. The maximum atomic E-state index is 12.6. The highest BCUT2D eigenvalue weighted by Gasteiger charge is 2.34. The first kappa shape index (κ1) is 31.3. The van der Waals surface area contributed by atoms with Crippen molar-refractivity contribution in [3.05, 3.63) is 87.5 Å². The van der Waals surface area contributed by atoms with Crippen molar-refractivity contribution >= 4 is 11.8 Å². The van der Waals surface area contributed by atoms with Gasteiger partial charge in [0.15, 0.2) is 0 Å². The predicted molar refractivity (Wildman–Crippen MR) is 169 cm³/mol. The molecule has 1 aliphatic heterocycles. The first-order valence-corrected chi connectivity index (χ1v) is 14.8. The van der Waals surface area contributed by atoms with Crippen LogP contribution in [0.1, 0.15) is 102 Å². The van der Waals surface area contributed by atoms with E-state index < -0.39 is 6.09 Å². The van der Waals surface area contributed by atoms with Gasteiger partial charge in [0.25, 0.3) is 0 Å². The van der Waals surface area contributed by atoms with Gasteiger partial charge in [-0.25, -0.2) is 4.79 Å². The number of rotatable bonds is 11. The Labute approximate surface area is 242 Å². The molecule has 4 nitrogen and oxygen atoms in total. The van der Waals surface area contributed by atoms with Crippen LogP contribution in [0.15, 0.2) is 65.3 Å². The first-order chi connectivity index (χ1) is 19.0. The SMILES string of the molecule is CC(C)=CCCC(C)=CCCC(C)=CCC[C@]1(C)CCc2c(C)c(OC(=O)Nc3ccccc3)c(C)c(C)c2O1. The molecule has 1 amide bonds. The third kappa shape index (κ3) is 8.87. The first-order valence-electron chi connectivity index (χ1n) is 14.8. The summed E-state index contributed by atoms with van der Waals surface area (Å²) in [6.45, 7) is 17.2. The average molecular weight is 544 g/mol. The van der Waals surface area contributed by atoms with Gasteiger partial charge in [0, 0.05) is 11.3 Å². The van der Waals surface area contributed by atoms with E-state index in [0.717, 1.165) is 79.4 Å². The Balaban J connectivity index is 1.58. The fourth-order valence-electron chi connectivity index (χ4n) is 5.33. The molecule has 3 rings (SSSR count). The number of benzene rings is 2. The van der Waals surface area contributed by atoms with Crippen molar-refractivity contribution in [1.29, 1.82) is 0 Å². The number of hydrogen-bond acceptors (Lipinski definition) is 3. The van der Waals surface area contributed by atoms with Gasteiger partial charge in [-0.05, 0) is 136 Å².